The highest BCUT2D eigenvalue weighted by atomic mass is 32.2. The fourth-order valence-corrected chi connectivity index (χ4v) is 3.69. The number of anilines is 2. The van der Waals surface area contributed by atoms with Crippen molar-refractivity contribution in [2.75, 3.05) is 23.4 Å². The van der Waals surface area contributed by atoms with Crippen LogP contribution in [0.4, 0.5) is 11.8 Å². The van der Waals surface area contributed by atoms with E-state index in [4.69, 9.17) is 0 Å². The lowest BCUT2D eigenvalue weighted by Gasteiger charge is -2.29. The highest BCUT2D eigenvalue weighted by Crippen LogP contribution is 2.30. The highest BCUT2D eigenvalue weighted by molar-refractivity contribution is 7.99. The average molecular weight is 306 g/mol. The molecule has 6 nitrogen and oxygen atoms in total. The Morgan fingerprint density at radius 1 is 1.38 bits per heavy atom. The first-order valence-corrected chi connectivity index (χ1v) is 8.83. The molecular formula is C14H22N6S. The minimum absolute atomic E-state index is 0.485. The van der Waals surface area contributed by atoms with E-state index >= 15 is 0 Å². The van der Waals surface area contributed by atoms with Crippen molar-refractivity contribution in [1.29, 1.82) is 0 Å². The van der Waals surface area contributed by atoms with Crippen LogP contribution >= 0.6 is 11.8 Å². The van der Waals surface area contributed by atoms with Gasteiger partial charge >= 0.3 is 0 Å². The van der Waals surface area contributed by atoms with Crippen LogP contribution in [-0.4, -0.2) is 44.3 Å². The second-order valence-corrected chi connectivity index (χ2v) is 6.56. The van der Waals surface area contributed by atoms with Crippen molar-refractivity contribution in [3.05, 3.63) is 6.20 Å². The zero-order valence-corrected chi connectivity index (χ0v) is 13.3. The molecule has 0 amide bonds. The van der Waals surface area contributed by atoms with Crippen LogP contribution in [0.3, 0.4) is 0 Å². The zero-order chi connectivity index (χ0) is 14.7. The molecule has 7 heteroatoms. The Morgan fingerprint density at radius 3 is 3.10 bits per heavy atom. The van der Waals surface area contributed by atoms with Gasteiger partial charge in [0, 0.05) is 17.8 Å². The first-order chi connectivity index (χ1) is 10.3. The van der Waals surface area contributed by atoms with Gasteiger partial charge in [0.15, 0.2) is 5.65 Å². The summed E-state index contributed by atoms with van der Waals surface area (Å²) in [6.07, 6.45) is 9.01. The van der Waals surface area contributed by atoms with Crippen LogP contribution < -0.4 is 10.6 Å². The molecule has 3 N–H and O–H groups in total. The molecule has 2 unspecified atom stereocenters. The molecule has 3 rings (SSSR count). The number of hydrogen-bond acceptors (Lipinski definition) is 6. The molecule has 0 aliphatic heterocycles. The van der Waals surface area contributed by atoms with Crippen LogP contribution in [0.5, 0.6) is 0 Å². The third-order valence-corrected chi connectivity index (χ3v) is 5.04. The molecule has 2 aromatic rings. The highest BCUT2D eigenvalue weighted by Gasteiger charge is 2.22. The van der Waals surface area contributed by atoms with Crippen LogP contribution in [0.2, 0.25) is 0 Å². The summed E-state index contributed by atoms with van der Waals surface area (Å²) >= 11 is 1.97. The Bertz CT molecular complexity index is 598. The molecule has 1 fully saturated rings. The molecule has 1 saturated carbocycles. The van der Waals surface area contributed by atoms with Gasteiger partial charge in [-0.05, 0) is 32.4 Å². The zero-order valence-electron chi connectivity index (χ0n) is 12.5. The second-order valence-electron chi connectivity index (χ2n) is 5.42. The normalized spacial score (nSPS) is 22.4. The number of nitrogens with zero attached hydrogens (tertiary/aromatic N) is 3. The molecule has 0 bridgehead atoms. The van der Waals surface area contributed by atoms with Crippen LogP contribution in [0.25, 0.3) is 11.0 Å². The van der Waals surface area contributed by atoms with Crippen LogP contribution in [-0.2, 0) is 0 Å². The van der Waals surface area contributed by atoms with Gasteiger partial charge in [0.25, 0.3) is 0 Å². The summed E-state index contributed by atoms with van der Waals surface area (Å²) in [5.74, 6) is 1.53. The molecule has 0 aromatic carbocycles. The average Bonchev–Trinajstić information content (AvgIpc) is 2.96. The van der Waals surface area contributed by atoms with Gasteiger partial charge in [0.05, 0.1) is 11.6 Å². The molecule has 2 aromatic heterocycles. The van der Waals surface area contributed by atoms with E-state index < -0.39 is 0 Å². The summed E-state index contributed by atoms with van der Waals surface area (Å²) < 4.78 is 0. The summed E-state index contributed by atoms with van der Waals surface area (Å²) in [7, 11) is 0. The summed E-state index contributed by atoms with van der Waals surface area (Å²) in [4.78, 5) is 9.03. The maximum atomic E-state index is 4.61. The summed E-state index contributed by atoms with van der Waals surface area (Å²) in [5.41, 5.74) is 0.778. The van der Waals surface area contributed by atoms with Gasteiger partial charge in [0.2, 0.25) is 5.95 Å². The van der Waals surface area contributed by atoms with Gasteiger partial charge in [-0.1, -0.05) is 6.42 Å². The van der Waals surface area contributed by atoms with E-state index in [0.29, 0.717) is 12.0 Å². The van der Waals surface area contributed by atoms with Gasteiger partial charge in [-0.15, -0.1) is 0 Å². The standard InChI is InChI=1S/C14H22N6S/c1-3-15-14-18-12(11-8-16-20-13(11)19-14)17-9-5-4-6-10(7-9)21-2/h8-10H,3-7H2,1-2H3,(H3,15,16,17,18,19,20). The fraction of sp³-hybridized carbons (Fsp3) is 0.643. The molecule has 114 valence electrons. The van der Waals surface area contributed by atoms with E-state index in [1.54, 1.807) is 6.20 Å². The lowest BCUT2D eigenvalue weighted by molar-refractivity contribution is 0.473. The van der Waals surface area contributed by atoms with Crippen molar-refractivity contribution in [2.45, 2.75) is 43.9 Å². The predicted octanol–water partition coefficient (Wildman–Crippen LogP) is 2.87. The third-order valence-electron chi connectivity index (χ3n) is 3.94. The van der Waals surface area contributed by atoms with Crippen molar-refractivity contribution in [2.24, 2.45) is 0 Å². The van der Waals surface area contributed by atoms with Crippen molar-refractivity contribution < 1.29 is 0 Å². The van der Waals surface area contributed by atoms with Gasteiger partial charge in [-0.2, -0.15) is 26.8 Å². The summed E-state index contributed by atoms with van der Waals surface area (Å²) in [5, 5.41) is 15.5. The number of aromatic nitrogens is 4. The van der Waals surface area contributed by atoms with E-state index in [1.807, 2.05) is 18.7 Å². The largest absolute Gasteiger partial charge is 0.367 e. The molecule has 21 heavy (non-hydrogen) atoms. The molecule has 1 aliphatic carbocycles. The quantitative estimate of drug-likeness (QED) is 0.788. The molecule has 0 spiro atoms. The van der Waals surface area contributed by atoms with Gasteiger partial charge < -0.3 is 10.6 Å². The number of aromatic amines is 1. The van der Waals surface area contributed by atoms with Crippen molar-refractivity contribution in [3.8, 4) is 0 Å². The van der Waals surface area contributed by atoms with E-state index in [0.717, 1.165) is 28.6 Å². The smallest absolute Gasteiger partial charge is 0.226 e. The van der Waals surface area contributed by atoms with Gasteiger partial charge in [0.1, 0.15) is 5.82 Å². The lowest BCUT2D eigenvalue weighted by atomic mass is 9.95. The minimum atomic E-state index is 0.485. The van der Waals surface area contributed by atoms with E-state index in [1.165, 1.54) is 25.7 Å². The lowest BCUT2D eigenvalue weighted by Crippen LogP contribution is -2.29. The predicted molar refractivity (Wildman–Crippen MR) is 89.0 cm³/mol. The van der Waals surface area contributed by atoms with Gasteiger partial charge in [-0.25, -0.2) is 0 Å². The molecular weight excluding hydrogens is 284 g/mol. The van der Waals surface area contributed by atoms with Crippen LogP contribution in [0.1, 0.15) is 32.6 Å². The Kier molecular flexibility index (Phi) is 4.48. The monoisotopic (exact) mass is 306 g/mol. The van der Waals surface area contributed by atoms with Crippen LogP contribution in [0, 0.1) is 0 Å². The summed E-state index contributed by atoms with van der Waals surface area (Å²) in [6.45, 7) is 2.84. The molecule has 0 saturated heterocycles. The number of nitrogens with one attached hydrogen (secondary N) is 3. The van der Waals surface area contributed by atoms with E-state index in [-0.39, 0.29) is 0 Å². The third kappa shape index (κ3) is 3.23. The van der Waals surface area contributed by atoms with E-state index in [9.17, 15) is 0 Å². The Labute approximate surface area is 128 Å². The first-order valence-electron chi connectivity index (χ1n) is 7.54. The Hall–Kier alpha value is -1.50. The number of rotatable bonds is 5. The number of hydrogen-bond donors (Lipinski definition) is 3. The number of H-pyrrole nitrogens is 1. The Balaban J connectivity index is 1.83. The van der Waals surface area contributed by atoms with Gasteiger partial charge in [-0.3, -0.25) is 5.10 Å². The van der Waals surface area contributed by atoms with Crippen molar-refractivity contribution in [3.63, 3.8) is 0 Å². The minimum Gasteiger partial charge on any atom is -0.367 e. The van der Waals surface area contributed by atoms with Crippen molar-refractivity contribution >= 4 is 34.6 Å². The Morgan fingerprint density at radius 2 is 2.29 bits per heavy atom. The van der Waals surface area contributed by atoms with Crippen LogP contribution in [0.15, 0.2) is 6.20 Å². The SMILES string of the molecule is CCNc1nc(NC2CCCC(SC)C2)c2cn[nH]c2n1. The maximum absolute atomic E-state index is 4.61. The topological polar surface area (TPSA) is 78.5 Å². The second kappa shape index (κ2) is 6.51. The van der Waals surface area contributed by atoms with E-state index in [2.05, 4.69) is 37.1 Å². The summed E-state index contributed by atoms with van der Waals surface area (Å²) in [6, 6.07) is 0.485. The molecule has 2 heterocycles. The van der Waals surface area contributed by atoms with Crippen molar-refractivity contribution in [1.82, 2.24) is 20.2 Å². The molecule has 1 aliphatic rings. The fourth-order valence-electron chi connectivity index (χ4n) is 2.87. The first kappa shape index (κ1) is 14.4. The number of fused-ring (bicyclic) bond motifs is 1. The maximum Gasteiger partial charge on any atom is 0.226 e. The molecule has 0 radical (unpaired) electrons. The molecule has 2 atom stereocenters. The number of thioether (sulfide) groups is 1.